The van der Waals surface area contributed by atoms with Gasteiger partial charge in [0.25, 0.3) is 5.91 Å². The maximum absolute atomic E-state index is 13.2. The lowest BCUT2D eigenvalue weighted by atomic mass is 9.98. The van der Waals surface area contributed by atoms with Crippen LogP contribution < -0.4 is 10.2 Å². The van der Waals surface area contributed by atoms with Crippen LogP contribution >= 0.6 is 0 Å². The number of hydrogen-bond acceptors (Lipinski definition) is 4. The Morgan fingerprint density at radius 2 is 1.89 bits per heavy atom. The number of ether oxygens (including phenoxy) is 1. The summed E-state index contributed by atoms with van der Waals surface area (Å²) >= 11 is 0. The molecule has 0 bridgehead atoms. The van der Waals surface area contributed by atoms with Gasteiger partial charge in [-0.2, -0.15) is 0 Å². The fraction of sp³-hybridized carbons (Fsp3) is 0.273. The summed E-state index contributed by atoms with van der Waals surface area (Å²) in [7, 11) is 0. The lowest BCUT2D eigenvalue weighted by molar-refractivity contribution is 0.0737. The molecule has 2 heterocycles. The number of carbonyl (C=O) groups excluding carboxylic acids is 1. The van der Waals surface area contributed by atoms with Gasteiger partial charge in [-0.1, -0.05) is 31.2 Å². The molecule has 1 aromatic heterocycles. The molecule has 0 saturated carbocycles. The molecular formula is C22H21NO4. The summed E-state index contributed by atoms with van der Waals surface area (Å²) in [5.74, 6) is 0.627. The summed E-state index contributed by atoms with van der Waals surface area (Å²) < 4.78 is 11.6. The first kappa shape index (κ1) is 17.3. The Hall–Kier alpha value is -3.08. The fourth-order valence-corrected chi connectivity index (χ4v) is 3.63. The van der Waals surface area contributed by atoms with Gasteiger partial charge in [-0.25, -0.2) is 0 Å². The molecule has 1 unspecified atom stereocenters. The largest absolute Gasteiger partial charge is 0.494 e. The second-order valence-electron chi connectivity index (χ2n) is 6.58. The predicted octanol–water partition coefficient (Wildman–Crippen LogP) is 4.15. The van der Waals surface area contributed by atoms with Crippen LogP contribution in [0.25, 0.3) is 11.0 Å². The van der Waals surface area contributed by atoms with Crippen LogP contribution in [-0.4, -0.2) is 24.0 Å². The molecule has 1 aliphatic rings. The molecule has 0 radical (unpaired) electrons. The van der Waals surface area contributed by atoms with Crippen molar-refractivity contribution < 1.29 is 13.9 Å². The number of nitrogens with zero attached hydrogens (tertiary/aromatic N) is 1. The minimum atomic E-state index is -0.469. The van der Waals surface area contributed by atoms with Gasteiger partial charge in [0.15, 0.2) is 5.43 Å². The van der Waals surface area contributed by atoms with Crippen molar-refractivity contribution in [2.75, 3.05) is 13.2 Å². The maximum atomic E-state index is 13.2. The third kappa shape index (κ3) is 2.79. The zero-order valence-electron chi connectivity index (χ0n) is 15.4. The van der Waals surface area contributed by atoms with Crippen molar-refractivity contribution in [2.24, 2.45) is 0 Å². The molecule has 2 aromatic carbocycles. The van der Waals surface area contributed by atoms with Crippen molar-refractivity contribution >= 4 is 16.9 Å². The maximum Gasteiger partial charge on any atom is 0.290 e. The molecule has 27 heavy (non-hydrogen) atoms. The van der Waals surface area contributed by atoms with Gasteiger partial charge in [0.05, 0.1) is 23.6 Å². The average molecular weight is 363 g/mol. The van der Waals surface area contributed by atoms with Gasteiger partial charge in [0.2, 0.25) is 5.76 Å². The van der Waals surface area contributed by atoms with E-state index in [2.05, 4.69) is 0 Å². The molecule has 3 aromatic rings. The minimum absolute atomic E-state index is 0.144. The van der Waals surface area contributed by atoms with E-state index in [1.165, 1.54) is 0 Å². The molecule has 0 saturated heterocycles. The molecule has 4 rings (SSSR count). The molecule has 138 valence electrons. The first-order chi connectivity index (χ1) is 13.2. The highest BCUT2D eigenvalue weighted by Gasteiger charge is 2.41. The first-order valence-corrected chi connectivity index (χ1v) is 9.25. The number of para-hydroxylation sites is 1. The van der Waals surface area contributed by atoms with E-state index in [1.54, 1.807) is 29.2 Å². The van der Waals surface area contributed by atoms with Crippen LogP contribution in [0, 0.1) is 0 Å². The van der Waals surface area contributed by atoms with Crippen molar-refractivity contribution in [3.8, 4) is 5.75 Å². The monoisotopic (exact) mass is 363 g/mol. The highest BCUT2D eigenvalue weighted by molar-refractivity contribution is 5.99. The summed E-state index contributed by atoms with van der Waals surface area (Å²) in [6.45, 7) is 5.04. The number of benzene rings is 2. The lowest BCUT2D eigenvalue weighted by Gasteiger charge is -2.23. The van der Waals surface area contributed by atoms with Gasteiger partial charge < -0.3 is 14.1 Å². The summed E-state index contributed by atoms with van der Waals surface area (Å²) in [5.41, 5.74) is 1.54. The van der Waals surface area contributed by atoms with E-state index in [4.69, 9.17) is 9.15 Å². The molecule has 0 aliphatic carbocycles. The molecule has 1 atom stereocenters. The van der Waals surface area contributed by atoms with Crippen molar-refractivity contribution in [1.29, 1.82) is 0 Å². The van der Waals surface area contributed by atoms with Crippen molar-refractivity contribution in [3.05, 3.63) is 75.6 Å². The number of carbonyl (C=O) groups is 1. The SMILES string of the molecule is CCCOc1cccc(C2c3c(oc4ccccc4c3=O)C(=O)N2CC)c1. The van der Waals surface area contributed by atoms with E-state index in [1.807, 2.05) is 38.1 Å². The van der Waals surface area contributed by atoms with Crippen molar-refractivity contribution in [2.45, 2.75) is 26.3 Å². The van der Waals surface area contributed by atoms with Gasteiger partial charge >= 0.3 is 0 Å². The second kappa shape index (κ2) is 6.91. The van der Waals surface area contributed by atoms with Crippen LogP contribution in [0.2, 0.25) is 0 Å². The average Bonchev–Trinajstić information content (AvgIpc) is 2.99. The summed E-state index contributed by atoms with van der Waals surface area (Å²) in [6.07, 6.45) is 0.908. The van der Waals surface area contributed by atoms with Gasteiger partial charge in [-0.3, -0.25) is 9.59 Å². The Morgan fingerprint density at radius 3 is 2.67 bits per heavy atom. The summed E-state index contributed by atoms with van der Waals surface area (Å²) in [6, 6.07) is 14.2. The molecule has 0 spiro atoms. The Labute approximate surface area is 157 Å². The molecule has 0 fully saturated rings. The van der Waals surface area contributed by atoms with Crippen LogP contribution in [0.15, 0.2) is 57.7 Å². The molecule has 0 N–H and O–H groups in total. The van der Waals surface area contributed by atoms with E-state index in [-0.39, 0.29) is 17.1 Å². The van der Waals surface area contributed by atoms with Gasteiger partial charge in [0, 0.05) is 6.54 Å². The molecular weight excluding hydrogens is 342 g/mol. The Morgan fingerprint density at radius 1 is 1.07 bits per heavy atom. The second-order valence-corrected chi connectivity index (χ2v) is 6.58. The van der Waals surface area contributed by atoms with E-state index in [9.17, 15) is 9.59 Å². The Bertz CT molecular complexity index is 1070. The number of rotatable bonds is 5. The smallest absolute Gasteiger partial charge is 0.290 e. The number of amides is 1. The van der Waals surface area contributed by atoms with Gasteiger partial charge in [-0.15, -0.1) is 0 Å². The zero-order valence-corrected chi connectivity index (χ0v) is 15.4. The van der Waals surface area contributed by atoms with Crippen LogP contribution in [0.1, 0.15) is 48.0 Å². The van der Waals surface area contributed by atoms with Crippen LogP contribution in [-0.2, 0) is 0 Å². The predicted molar refractivity (Wildman–Crippen MR) is 103 cm³/mol. The minimum Gasteiger partial charge on any atom is -0.494 e. The van der Waals surface area contributed by atoms with E-state index in [0.29, 0.717) is 29.7 Å². The topological polar surface area (TPSA) is 59.8 Å². The number of hydrogen-bond donors (Lipinski definition) is 0. The highest BCUT2D eigenvalue weighted by Crippen LogP contribution is 2.38. The van der Waals surface area contributed by atoms with E-state index >= 15 is 0 Å². The normalized spacial score (nSPS) is 16.0. The van der Waals surface area contributed by atoms with Crippen molar-refractivity contribution in [1.82, 2.24) is 4.90 Å². The van der Waals surface area contributed by atoms with Gasteiger partial charge in [-0.05, 0) is 43.2 Å². The molecule has 1 aliphatic heterocycles. The number of fused-ring (bicyclic) bond motifs is 2. The Balaban J connectivity index is 1.91. The van der Waals surface area contributed by atoms with E-state index in [0.717, 1.165) is 17.7 Å². The molecule has 1 amide bonds. The quantitative estimate of drug-likeness (QED) is 0.683. The summed E-state index contributed by atoms with van der Waals surface area (Å²) in [5, 5.41) is 0.491. The first-order valence-electron chi connectivity index (χ1n) is 9.25. The standard InChI is InChI=1S/C22H21NO4/c1-3-12-26-15-9-7-8-14(13-15)19-18-20(24)16-10-5-6-11-17(16)27-21(18)22(25)23(19)4-2/h5-11,13,19H,3-4,12H2,1-2H3. The van der Waals surface area contributed by atoms with E-state index < -0.39 is 6.04 Å². The zero-order chi connectivity index (χ0) is 19.0. The fourth-order valence-electron chi connectivity index (χ4n) is 3.63. The van der Waals surface area contributed by atoms with Crippen LogP contribution in [0.4, 0.5) is 0 Å². The molecule has 5 heteroatoms. The van der Waals surface area contributed by atoms with Crippen molar-refractivity contribution in [3.63, 3.8) is 0 Å². The summed E-state index contributed by atoms with van der Waals surface area (Å²) in [4.78, 5) is 27.8. The lowest BCUT2D eigenvalue weighted by Crippen LogP contribution is -2.29. The third-order valence-corrected chi connectivity index (χ3v) is 4.86. The van der Waals surface area contributed by atoms with Gasteiger partial charge in [0.1, 0.15) is 11.3 Å². The van der Waals surface area contributed by atoms with Crippen LogP contribution in [0.3, 0.4) is 0 Å². The Kier molecular flexibility index (Phi) is 4.44. The van der Waals surface area contributed by atoms with Crippen LogP contribution in [0.5, 0.6) is 5.75 Å². The molecule has 5 nitrogen and oxygen atoms in total. The highest BCUT2D eigenvalue weighted by atomic mass is 16.5. The third-order valence-electron chi connectivity index (χ3n) is 4.86.